The summed E-state index contributed by atoms with van der Waals surface area (Å²) in [6, 6.07) is 11.5. The largest absolute Gasteiger partial charge is 0.355 e. The molecule has 1 aromatic heterocycles. The van der Waals surface area contributed by atoms with Gasteiger partial charge in [-0.05, 0) is 56.4 Å². The highest BCUT2D eigenvalue weighted by atomic mass is 16.2. The van der Waals surface area contributed by atoms with Crippen molar-refractivity contribution in [3.05, 3.63) is 58.3 Å². The van der Waals surface area contributed by atoms with Gasteiger partial charge >= 0.3 is 0 Å². The monoisotopic (exact) mass is 433 g/mol. The van der Waals surface area contributed by atoms with Crippen LogP contribution in [-0.4, -0.2) is 42.0 Å². The molecular weight excluding hydrogens is 402 g/mol. The Hall–Kier alpha value is -3.40. The van der Waals surface area contributed by atoms with Gasteiger partial charge in [0.05, 0.1) is 5.56 Å². The molecule has 0 bridgehead atoms. The van der Waals surface area contributed by atoms with Crippen molar-refractivity contribution in [1.29, 1.82) is 5.26 Å². The average Bonchev–Trinajstić information content (AvgIpc) is 2.74. The van der Waals surface area contributed by atoms with E-state index in [0.29, 0.717) is 25.1 Å². The van der Waals surface area contributed by atoms with E-state index in [1.165, 1.54) is 6.92 Å². The fourth-order valence-corrected chi connectivity index (χ4v) is 4.24. The topological polar surface area (TPSA) is 98.1 Å². The molecule has 7 heteroatoms. The number of nitrogens with one attached hydrogen (secondary N) is 2. The molecule has 0 radical (unpaired) electrons. The summed E-state index contributed by atoms with van der Waals surface area (Å²) in [5, 5.41) is 15.5. The van der Waals surface area contributed by atoms with Crippen molar-refractivity contribution in [3.8, 4) is 6.07 Å². The molecule has 1 aromatic carbocycles. The van der Waals surface area contributed by atoms with Crippen LogP contribution in [0.1, 0.15) is 47.7 Å². The Balaban J connectivity index is 1.64. The number of benzene rings is 1. The van der Waals surface area contributed by atoms with Crippen LogP contribution < -0.4 is 15.5 Å². The fourth-order valence-electron chi connectivity index (χ4n) is 4.24. The number of carbonyl (C=O) groups is 2. The predicted octanol–water partition coefficient (Wildman–Crippen LogP) is 2.71. The van der Waals surface area contributed by atoms with Crippen molar-refractivity contribution in [2.45, 2.75) is 59.0 Å². The molecule has 0 spiro atoms. The standard InChI is InChI=1S/C25H31N5O2/c1-16-7-5-6-8-20(16)14-23(28-19(4)31)25(32)29-21-9-11-30(12-10-21)24-22(15-26)17(2)13-18(3)27-24/h5-8,13,21,23H,9-12,14H2,1-4H3,(H,28,31)(H,29,32)/t23-/m0/s1. The van der Waals surface area contributed by atoms with Crippen LogP contribution in [0.5, 0.6) is 0 Å². The van der Waals surface area contributed by atoms with E-state index in [4.69, 9.17) is 0 Å². The van der Waals surface area contributed by atoms with Crippen LogP contribution in [0.25, 0.3) is 0 Å². The van der Waals surface area contributed by atoms with Gasteiger partial charge in [0.2, 0.25) is 11.8 Å². The zero-order valence-corrected chi connectivity index (χ0v) is 19.2. The third-order valence-electron chi connectivity index (χ3n) is 5.96. The summed E-state index contributed by atoms with van der Waals surface area (Å²) >= 11 is 0. The van der Waals surface area contributed by atoms with Gasteiger partial charge in [-0.2, -0.15) is 5.26 Å². The van der Waals surface area contributed by atoms with Crippen molar-refractivity contribution in [2.75, 3.05) is 18.0 Å². The molecule has 0 aliphatic carbocycles. The Morgan fingerprint density at radius 1 is 1.19 bits per heavy atom. The summed E-state index contributed by atoms with van der Waals surface area (Å²) in [6.45, 7) is 8.71. The molecule has 2 heterocycles. The number of hydrogen-bond donors (Lipinski definition) is 2. The number of aryl methyl sites for hydroxylation is 3. The molecule has 2 N–H and O–H groups in total. The Morgan fingerprint density at radius 3 is 2.50 bits per heavy atom. The highest BCUT2D eigenvalue weighted by molar-refractivity contribution is 5.87. The summed E-state index contributed by atoms with van der Waals surface area (Å²) in [7, 11) is 0. The van der Waals surface area contributed by atoms with Gasteiger partial charge in [0.25, 0.3) is 0 Å². The molecule has 1 fully saturated rings. The Labute approximate surface area is 189 Å². The minimum absolute atomic E-state index is 0.0170. The van der Waals surface area contributed by atoms with Crippen molar-refractivity contribution >= 4 is 17.6 Å². The maximum absolute atomic E-state index is 13.0. The third-order valence-corrected chi connectivity index (χ3v) is 5.96. The lowest BCUT2D eigenvalue weighted by Crippen LogP contribution is -2.52. The van der Waals surface area contributed by atoms with Crippen LogP contribution in [0.15, 0.2) is 30.3 Å². The van der Waals surface area contributed by atoms with Crippen LogP contribution in [0.2, 0.25) is 0 Å². The van der Waals surface area contributed by atoms with Crippen molar-refractivity contribution < 1.29 is 9.59 Å². The number of carbonyl (C=O) groups excluding carboxylic acids is 2. The number of nitrogens with zero attached hydrogens (tertiary/aromatic N) is 3. The first kappa shape index (κ1) is 23.3. The molecule has 1 atom stereocenters. The van der Waals surface area contributed by atoms with E-state index in [0.717, 1.165) is 41.0 Å². The minimum atomic E-state index is -0.613. The Bertz CT molecular complexity index is 1040. The number of aromatic nitrogens is 1. The van der Waals surface area contributed by atoms with Crippen molar-refractivity contribution in [3.63, 3.8) is 0 Å². The summed E-state index contributed by atoms with van der Waals surface area (Å²) in [6.07, 6.45) is 1.96. The van der Waals surface area contributed by atoms with Crippen LogP contribution in [-0.2, 0) is 16.0 Å². The maximum Gasteiger partial charge on any atom is 0.243 e. The summed E-state index contributed by atoms with van der Waals surface area (Å²) in [4.78, 5) is 31.4. The van der Waals surface area contributed by atoms with E-state index >= 15 is 0 Å². The molecule has 2 aromatic rings. The predicted molar refractivity (Wildman–Crippen MR) is 124 cm³/mol. The highest BCUT2D eigenvalue weighted by Gasteiger charge is 2.27. The lowest BCUT2D eigenvalue weighted by atomic mass is 9.99. The first-order valence-corrected chi connectivity index (χ1v) is 11.0. The van der Waals surface area contributed by atoms with Gasteiger partial charge in [-0.15, -0.1) is 0 Å². The smallest absolute Gasteiger partial charge is 0.243 e. The Morgan fingerprint density at radius 2 is 1.88 bits per heavy atom. The van der Waals surface area contributed by atoms with E-state index in [9.17, 15) is 14.9 Å². The fraction of sp³-hybridized carbons (Fsp3) is 0.440. The number of amides is 2. The average molecular weight is 434 g/mol. The van der Waals surface area contributed by atoms with Gasteiger partial charge < -0.3 is 15.5 Å². The van der Waals surface area contributed by atoms with Gasteiger partial charge in [-0.1, -0.05) is 24.3 Å². The van der Waals surface area contributed by atoms with E-state index in [-0.39, 0.29) is 17.9 Å². The molecule has 7 nitrogen and oxygen atoms in total. The molecule has 1 saturated heterocycles. The molecule has 1 aliphatic heterocycles. The molecule has 2 amide bonds. The van der Waals surface area contributed by atoms with Gasteiger partial charge in [0, 0.05) is 38.2 Å². The number of nitriles is 1. The van der Waals surface area contributed by atoms with Crippen molar-refractivity contribution in [2.24, 2.45) is 0 Å². The zero-order chi connectivity index (χ0) is 23.3. The number of piperidine rings is 1. The highest BCUT2D eigenvalue weighted by Crippen LogP contribution is 2.25. The second-order valence-electron chi connectivity index (χ2n) is 8.54. The molecular formula is C25H31N5O2. The van der Waals surface area contributed by atoms with E-state index in [1.54, 1.807) is 0 Å². The lowest BCUT2D eigenvalue weighted by molar-refractivity contribution is -0.128. The number of anilines is 1. The van der Waals surface area contributed by atoms with E-state index < -0.39 is 6.04 Å². The van der Waals surface area contributed by atoms with Gasteiger partial charge in [0.15, 0.2) is 0 Å². The second-order valence-corrected chi connectivity index (χ2v) is 8.54. The minimum Gasteiger partial charge on any atom is -0.355 e. The van der Waals surface area contributed by atoms with E-state index in [2.05, 4.69) is 26.6 Å². The van der Waals surface area contributed by atoms with Crippen LogP contribution in [0.3, 0.4) is 0 Å². The molecule has 3 rings (SSSR count). The number of pyridine rings is 1. The van der Waals surface area contributed by atoms with Crippen LogP contribution in [0, 0.1) is 32.1 Å². The molecule has 0 saturated carbocycles. The van der Waals surface area contributed by atoms with E-state index in [1.807, 2.05) is 51.1 Å². The first-order valence-electron chi connectivity index (χ1n) is 11.0. The second kappa shape index (κ2) is 10.3. The van der Waals surface area contributed by atoms with Crippen LogP contribution in [0.4, 0.5) is 5.82 Å². The quantitative estimate of drug-likeness (QED) is 0.730. The maximum atomic E-state index is 13.0. The summed E-state index contributed by atoms with van der Waals surface area (Å²) in [5.41, 5.74) is 4.57. The number of hydrogen-bond acceptors (Lipinski definition) is 5. The lowest BCUT2D eigenvalue weighted by Gasteiger charge is -2.34. The van der Waals surface area contributed by atoms with Crippen LogP contribution >= 0.6 is 0 Å². The normalized spacial score (nSPS) is 15.0. The first-order chi connectivity index (χ1) is 15.3. The van der Waals surface area contributed by atoms with Crippen molar-refractivity contribution in [1.82, 2.24) is 15.6 Å². The molecule has 0 unspecified atom stereocenters. The third kappa shape index (κ3) is 5.64. The zero-order valence-electron chi connectivity index (χ0n) is 19.2. The van der Waals surface area contributed by atoms with Gasteiger partial charge in [0.1, 0.15) is 17.9 Å². The van der Waals surface area contributed by atoms with Gasteiger partial charge in [-0.3, -0.25) is 9.59 Å². The number of rotatable bonds is 6. The molecule has 168 valence electrons. The van der Waals surface area contributed by atoms with Gasteiger partial charge in [-0.25, -0.2) is 4.98 Å². The molecule has 32 heavy (non-hydrogen) atoms. The Kier molecular flexibility index (Phi) is 7.47. The summed E-state index contributed by atoms with van der Waals surface area (Å²) < 4.78 is 0. The molecule has 1 aliphatic rings. The SMILES string of the molecule is CC(=O)N[C@@H](Cc1ccccc1C)C(=O)NC1CCN(c2nc(C)cc(C)c2C#N)CC1. The summed E-state index contributed by atoms with van der Waals surface area (Å²) in [5.74, 6) is 0.341.